The fourth-order valence-corrected chi connectivity index (χ4v) is 4.84. The van der Waals surface area contributed by atoms with Crippen LogP contribution < -0.4 is 19.8 Å². The lowest BCUT2D eigenvalue weighted by Gasteiger charge is -2.14. The number of hydrogen-bond donors (Lipinski definition) is 0. The Labute approximate surface area is 186 Å². The Bertz CT molecular complexity index is 1260. The van der Waals surface area contributed by atoms with Gasteiger partial charge in [-0.25, -0.2) is 4.98 Å². The summed E-state index contributed by atoms with van der Waals surface area (Å²) < 4.78 is 19.9. The van der Waals surface area contributed by atoms with Gasteiger partial charge in [0.1, 0.15) is 0 Å². The summed E-state index contributed by atoms with van der Waals surface area (Å²) in [4.78, 5) is 17.4. The third-order valence-corrected chi connectivity index (χ3v) is 6.42. The number of benzene rings is 1. The van der Waals surface area contributed by atoms with Crippen molar-refractivity contribution < 1.29 is 14.2 Å². The summed E-state index contributed by atoms with van der Waals surface area (Å²) in [5.41, 5.74) is 1.42. The maximum absolute atomic E-state index is 12.2. The van der Waals surface area contributed by atoms with Gasteiger partial charge < -0.3 is 18.8 Å². The van der Waals surface area contributed by atoms with Gasteiger partial charge in [-0.05, 0) is 19.1 Å². The molecule has 4 rings (SSSR count). The van der Waals surface area contributed by atoms with Crippen molar-refractivity contribution in [3.8, 4) is 28.6 Å². The van der Waals surface area contributed by atoms with Crippen LogP contribution in [0.25, 0.3) is 16.3 Å². The van der Waals surface area contributed by atoms with E-state index >= 15 is 0 Å². The first-order valence-electron chi connectivity index (χ1n) is 9.41. The van der Waals surface area contributed by atoms with Crippen LogP contribution in [0.1, 0.15) is 12.6 Å². The topological polar surface area (TPSA) is 92.8 Å². The lowest BCUT2D eigenvalue weighted by Crippen LogP contribution is -2.12. The second-order valence-corrected chi connectivity index (χ2v) is 8.21. The summed E-state index contributed by atoms with van der Waals surface area (Å²) in [6.45, 7) is 2.69. The quantitative estimate of drug-likeness (QED) is 0.371. The minimum absolute atomic E-state index is 0.0862. The molecular formula is C20H21N5O4S2. The number of rotatable bonds is 8. The van der Waals surface area contributed by atoms with Crippen molar-refractivity contribution in [1.29, 1.82) is 0 Å². The minimum Gasteiger partial charge on any atom is -0.493 e. The monoisotopic (exact) mass is 459 g/mol. The molecule has 4 aromatic rings. The third-order valence-electron chi connectivity index (χ3n) is 4.66. The van der Waals surface area contributed by atoms with Crippen molar-refractivity contribution in [2.24, 2.45) is 0 Å². The zero-order chi connectivity index (χ0) is 22.0. The lowest BCUT2D eigenvalue weighted by atomic mass is 10.1. The van der Waals surface area contributed by atoms with Crippen molar-refractivity contribution >= 4 is 28.1 Å². The van der Waals surface area contributed by atoms with Gasteiger partial charge in [0.25, 0.3) is 5.56 Å². The number of fused-ring (bicyclic) bond motifs is 1. The Kier molecular flexibility index (Phi) is 6.14. The van der Waals surface area contributed by atoms with E-state index in [1.807, 2.05) is 29.0 Å². The van der Waals surface area contributed by atoms with Crippen LogP contribution in [0.2, 0.25) is 0 Å². The molecule has 9 nitrogen and oxygen atoms in total. The van der Waals surface area contributed by atoms with Crippen molar-refractivity contribution in [2.45, 2.75) is 24.4 Å². The first-order chi connectivity index (χ1) is 15.1. The van der Waals surface area contributed by atoms with Crippen molar-refractivity contribution in [3.63, 3.8) is 0 Å². The number of nitrogens with zero attached hydrogens (tertiary/aromatic N) is 5. The van der Waals surface area contributed by atoms with Crippen LogP contribution in [0.3, 0.4) is 0 Å². The lowest BCUT2D eigenvalue weighted by molar-refractivity contribution is 0.324. The molecule has 0 saturated heterocycles. The molecule has 0 N–H and O–H groups in total. The van der Waals surface area contributed by atoms with E-state index in [2.05, 4.69) is 15.2 Å². The molecule has 0 aliphatic carbocycles. The van der Waals surface area contributed by atoms with E-state index in [4.69, 9.17) is 14.2 Å². The molecule has 0 spiro atoms. The van der Waals surface area contributed by atoms with Crippen molar-refractivity contribution in [2.75, 3.05) is 21.3 Å². The van der Waals surface area contributed by atoms with Crippen LogP contribution in [0.4, 0.5) is 0 Å². The van der Waals surface area contributed by atoms with Gasteiger partial charge >= 0.3 is 0 Å². The van der Waals surface area contributed by atoms with Crippen LogP contribution in [0, 0.1) is 0 Å². The Balaban J connectivity index is 1.65. The molecule has 0 radical (unpaired) electrons. The number of methoxy groups -OCH3 is 3. The Morgan fingerprint density at radius 1 is 1.06 bits per heavy atom. The number of thioether (sulfide) groups is 1. The predicted molar refractivity (Wildman–Crippen MR) is 120 cm³/mol. The fraction of sp³-hybridized carbons (Fsp3) is 0.300. The summed E-state index contributed by atoms with van der Waals surface area (Å²) in [6, 6.07) is 5.25. The standard InChI is InChI=1S/C20H21N5O4S2/c1-5-24-18(12-8-14(27-2)17(29-4)15(9-12)28-3)22-23-20(24)31-11-13-10-16(26)25-6-7-30-19(25)21-13/h6-10H,5,11H2,1-4H3. The molecule has 0 saturated carbocycles. The molecular weight excluding hydrogens is 438 g/mol. The molecule has 0 unspecified atom stereocenters. The smallest absolute Gasteiger partial charge is 0.258 e. The Hall–Kier alpha value is -3.05. The van der Waals surface area contributed by atoms with Gasteiger partial charge in [0.15, 0.2) is 27.4 Å². The highest BCUT2D eigenvalue weighted by atomic mass is 32.2. The summed E-state index contributed by atoms with van der Waals surface area (Å²) in [5.74, 6) is 2.81. The summed E-state index contributed by atoms with van der Waals surface area (Å²) in [6.07, 6.45) is 1.73. The minimum atomic E-state index is -0.0862. The van der Waals surface area contributed by atoms with E-state index in [1.54, 1.807) is 33.6 Å². The highest BCUT2D eigenvalue weighted by Gasteiger charge is 2.19. The first-order valence-corrected chi connectivity index (χ1v) is 11.3. The van der Waals surface area contributed by atoms with Crippen LogP contribution in [-0.4, -0.2) is 45.5 Å². The van der Waals surface area contributed by atoms with Gasteiger partial charge in [0.05, 0.1) is 27.0 Å². The molecule has 0 aliphatic heterocycles. The summed E-state index contributed by atoms with van der Waals surface area (Å²) in [7, 11) is 4.72. The SMILES string of the molecule is CCn1c(SCc2cc(=O)n3ccsc3n2)nnc1-c1cc(OC)c(OC)c(OC)c1. The number of ether oxygens (including phenoxy) is 3. The molecule has 11 heteroatoms. The molecule has 0 bridgehead atoms. The molecule has 0 atom stereocenters. The zero-order valence-corrected chi connectivity index (χ0v) is 19.1. The van der Waals surface area contributed by atoms with E-state index in [1.165, 1.54) is 27.5 Å². The average molecular weight is 460 g/mol. The van der Waals surface area contributed by atoms with Crippen LogP contribution in [-0.2, 0) is 12.3 Å². The third kappa shape index (κ3) is 3.98. The van der Waals surface area contributed by atoms with Gasteiger partial charge in [-0.15, -0.1) is 21.5 Å². The van der Waals surface area contributed by atoms with E-state index < -0.39 is 0 Å². The molecule has 162 valence electrons. The van der Waals surface area contributed by atoms with Crippen LogP contribution in [0.15, 0.2) is 39.7 Å². The van der Waals surface area contributed by atoms with E-state index in [9.17, 15) is 4.79 Å². The molecule has 31 heavy (non-hydrogen) atoms. The maximum Gasteiger partial charge on any atom is 0.258 e. The predicted octanol–water partition coefficient (Wildman–Crippen LogP) is 3.35. The van der Waals surface area contributed by atoms with Crippen molar-refractivity contribution in [1.82, 2.24) is 24.1 Å². The van der Waals surface area contributed by atoms with E-state index in [0.717, 1.165) is 10.7 Å². The fourth-order valence-electron chi connectivity index (χ4n) is 3.20. The highest BCUT2D eigenvalue weighted by molar-refractivity contribution is 7.98. The van der Waals surface area contributed by atoms with E-state index in [-0.39, 0.29) is 5.56 Å². The number of thiazole rings is 1. The molecule has 0 fully saturated rings. The van der Waals surface area contributed by atoms with Gasteiger partial charge in [-0.3, -0.25) is 9.20 Å². The van der Waals surface area contributed by atoms with E-state index in [0.29, 0.717) is 46.0 Å². The molecule has 3 aromatic heterocycles. The first kappa shape index (κ1) is 21.2. The highest BCUT2D eigenvalue weighted by Crippen LogP contribution is 2.41. The van der Waals surface area contributed by atoms with Gasteiger partial charge in [-0.1, -0.05) is 11.8 Å². The van der Waals surface area contributed by atoms with Crippen molar-refractivity contribution in [3.05, 3.63) is 45.8 Å². The van der Waals surface area contributed by atoms with Gasteiger partial charge in [0, 0.05) is 35.5 Å². The average Bonchev–Trinajstić information content (AvgIpc) is 3.43. The summed E-state index contributed by atoms with van der Waals surface area (Å²) >= 11 is 2.92. The Morgan fingerprint density at radius 2 is 1.81 bits per heavy atom. The van der Waals surface area contributed by atoms with Gasteiger partial charge in [0.2, 0.25) is 5.75 Å². The van der Waals surface area contributed by atoms with Gasteiger partial charge in [-0.2, -0.15) is 0 Å². The normalized spacial score (nSPS) is 11.1. The molecule has 0 aliphatic rings. The summed E-state index contributed by atoms with van der Waals surface area (Å²) in [5, 5.41) is 11.3. The number of aromatic nitrogens is 5. The maximum atomic E-state index is 12.2. The molecule has 3 heterocycles. The second-order valence-electron chi connectivity index (χ2n) is 6.39. The second kappa shape index (κ2) is 8.98. The largest absolute Gasteiger partial charge is 0.493 e. The van der Waals surface area contributed by atoms with Crippen LogP contribution in [0.5, 0.6) is 17.2 Å². The zero-order valence-electron chi connectivity index (χ0n) is 17.5. The molecule has 1 aromatic carbocycles. The number of hydrogen-bond acceptors (Lipinski definition) is 9. The Morgan fingerprint density at radius 3 is 2.45 bits per heavy atom. The molecule has 0 amide bonds. The van der Waals surface area contributed by atoms with Crippen LogP contribution >= 0.6 is 23.1 Å².